The van der Waals surface area contributed by atoms with Crippen LogP contribution in [0.3, 0.4) is 0 Å². The van der Waals surface area contributed by atoms with Crippen molar-refractivity contribution in [1.29, 1.82) is 0 Å². The smallest absolute Gasteiger partial charge is 0.263 e. The molecular formula is C22H18N6OS2. The molecule has 9 heteroatoms. The Balaban J connectivity index is 1.53. The number of nitrogens with zero attached hydrogens (tertiary/aromatic N) is 6. The zero-order valence-corrected chi connectivity index (χ0v) is 18.6. The molecule has 6 rings (SSSR count). The van der Waals surface area contributed by atoms with E-state index in [4.69, 9.17) is 5.10 Å². The van der Waals surface area contributed by atoms with Crippen molar-refractivity contribution < 1.29 is 0 Å². The van der Waals surface area contributed by atoms with Gasteiger partial charge in [-0.15, -0.1) is 11.3 Å². The largest absolute Gasteiger partial charge is 0.317 e. The van der Waals surface area contributed by atoms with E-state index in [0.717, 1.165) is 27.2 Å². The minimum Gasteiger partial charge on any atom is -0.317 e. The van der Waals surface area contributed by atoms with E-state index < -0.39 is 0 Å². The molecule has 7 nitrogen and oxygen atoms in total. The maximum atomic E-state index is 13.1. The Morgan fingerprint density at radius 3 is 2.74 bits per heavy atom. The first kappa shape index (κ1) is 18.6. The van der Waals surface area contributed by atoms with Gasteiger partial charge in [-0.05, 0) is 43.5 Å². The summed E-state index contributed by atoms with van der Waals surface area (Å²) in [5.74, 6) is 0.878. The predicted molar refractivity (Wildman–Crippen MR) is 123 cm³/mol. The van der Waals surface area contributed by atoms with Crippen LogP contribution in [-0.2, 0) is 6.54 Å². The molecule has 0 aromatic carbocycles. The molecule has 0 fully saturated rings. The molecule has 1 aliphatic heterocycles. The van der Waals surface area contributed by atoms with Crippen molar-refractivity contribution in [2.45, 2.75) is 25.5 Å². The van der Waals surface area contributed by atoms with Gasteiger partial charge in [0.25, 0.3) is 5.56 Å². The maximum absolute atomic E-state index is 13.1. The number of hydrogen-bond acceptors (Lipinski definition) is 6. The number of fused-ring (bicyclic) bond motifs is 2. The summed E-state index contributed by atoms with van der Waals surface area (Å²) < 4.78 is 5.73. The average molecular weight is 447 g/mol. The van der Waals surface area contributed by atoms with E-state index in [0.29, 0.717) is 23.4 Å². The fourth-order valence-corrected chi connectivity index (χ4v) is 5.87. The van der Waals surface area contributed by atoms with Crippen LogP contribution < -0.4 is 5.56 Å². The van der Waals surface area contributed by atoms with Crippen molar-refractivity contribution in [2.75, 3.05) is 5.75 Å². The molecule has 6 heterocycles. The molecule has 0 unspecified atom stereocenters. The summed E-state index contributed by atoms with van der Waals surface area (Å²) in [7, 11) is 0. The first-order valence-corrected chi connectivity index (χ1v) is 11.8. The van der Waals surface area contributed by atoms with Gasteiger partial charge in [-0.2, -0.15) is 5.10 Å². The highest BCUT2D eigenvalue weighted by Gasteiger charge is 2.20. The van der Waals surface area contributed by atoms with Gasteiger partial charge in [0, 0.05) is 42.1 Å². The van der Waals surface area contributed by atoms with Gasteiger partial charge >= 0.3 is 0 Å². The van der Waals surface area contributed by atoms with Gasteiger partial charge < -0.3 is 4.57 Å². The third-order valence-electron chi connectivity index (χ3n) is 5.58. The Morgan fingerprint density at radius 2 is 1.90 bits per heavy atom. The van der Waals surface area contributed by atoms with Crippen LogP contribution in [0.25, 0.3) is 33.2 Å². The second-order valence-corrected chi connectivity index (χ2v) is 9.45. The lowest BCUT2D eigenvalue weighted by atomic mass is 10.2. The molecule has 154 valence electrons. The quantitative estimate of drug-likeness (QED) is 0.389. The zero-order chi connectivity index (χ0) is 21.1. The van der Waals surface area contributed by atoms with Gasteiger partial charge in [0.1, 0.15) is 5.69 Å². The lowest BCUT2D eigenvalue weighted by Gasteiger charge is -2.09. The van der Waals surface area contributed by atoms with Gasteiger partial charge in [0.05, 0.1) is 21.8 Å². The fourth-order valence-electron chi connectivity index (χ4n) is 4.12. The highest BCUT2D eigenvalue weighted by molar-refractivity contribution is 7.99. The lowest BCUT2D eigenvalue weighted by molar-refractivity contribution is 0.657. The summed E-state index contributed by atoms with van der Waals surface area (Å²) in [6.07, 6.45) is 3.38. The summed E-state index contributed by atoms with van der Waals surface area (Å²) in [6.45, 7) is 4.89. The third kappa shape index (κ3) is 2.80. The Kier molecular flexibility index (Phi) is 4.15. The summed E-state index contributed by atoms with van der Waals surface area (Å²) in [5, 5.41) is 7.72. The molecule has 0 saturated carbocycles. The van der Waals surface area contributed by atoms with E-state index in [9.17, 15) is 4.79 Å². The first-order valence-electron chi connectivity index (χ1n) is 9.93. The molecular weight excluding hydrogens is 428 g/mol. The van der Waals surface area contributed by atoms with Gasteiger partial charge in [-0.3, -0.25) is 9.36 Å². The second-order valence-electron chi connectivity index (χ2n) is 7.48. The Bertz CT molecular complexity index is 1500. The van der Waals surface area contributed by atoms with Crippen LogP contribution in [0.2, 0.25) is 0 Å². The molecule has 0 amide bonds. The van der Waals surface area contributed by atoms with Crippen molar-refractivity contribution >= 4 is 28.7 Å². The van der Waals surface area contributed by atoms with Crippen LogP contribution in [0, 0.1) is 13.8 Å². The van der Waals surface area contributed by atoms with Crippen molar-refractivity contribution in [1.82, 2.24) is 28.7 Å². The Labute approximate surface area is 186 Å². The summed E-state index contributed by atoms with van der Waals surface area (Å²) in [5.41, 5.74) is 6.20. The van der Waals surface area contributed by atoms with E-state index >= 15 is 0 Å². The minimum atomic E-state index is -0.0325. The second kappa shape index (κ2) is 6.93. The maximum Gasteiger partial charge on any atom is 0.263 e. The topological polar surface area (TPSA) is 70.0 Å². The molecule has 0 spiro atoms. The SMILES string of the molecule is Cc1ccc(C)n1-c1ccsc1-c1cc2nccc(-c3cnc4n(c3=O)CCS4)n2n1. The number of hydrogen-bond donors (Lipinski definition) is 0. The van der Waals surface area contributed by atoms with Crippen LogP contribution in [0.1, 0.15) is 11.4 Å². The predicted octanol–water partition coefficient (Wildman–Crippen LogP) is 4.19. The molecule has 5 aromatic heterocycles. The van der Waals surface area contributed by atoms with Gasteiger partial charge in [-0.25, -0.2) is 14.5 Å². The fraction of sp³-hybridized carbons (Fsp3) is 0.182. The molecule has 31 heavy (non-hydrogen) atoms. The third-order valence-corrected chi connectivity index (χ3v) is 7.48. The van der Waals surface area contributed by atoms with E-state index in [1.54, 1.807) is 44.6 Å². The van der Waals surface area contributed by atoms with Crippen LogP contribution in [0.4, 0.5) is 0 Å². The number of aromatic nitrogens is 6. The Morgan fingerprint density at radius 1 is 1.06 bits per heavy atom. The van der Waals surface area contributed by atoms with Crippen LogP contribution >= 0.6 is 23.1 Å². The number of rotatable bonds is 3. The first-order chi connectivity index (χ1) is 15.1. The van der Waals surface area contributed by atoms with Crippen molar-refractivity contribution in [3.8, 4) is 27.5 Å². The molecule has 0 radical (unpaired) electrons. The zero-order valence-electron chi connectivity index (χ0n) is 16.9. The molecule has 0 aliphatic carbocycles. The molecule has 0 saturated heterocycles. The van der Waals surface area contributed by atoms with Crippen molar-refractivity contribution in [2.24, 2.45) is 0 Å². The molecule has 0 atom stereocenters. The minimum absolute atomic E-state index is 0.0325. The van der Waals surface area contributed by atoms with Crippen LogP contribution in [0.15, 0.2) is 58.1 Å². The normalized spacial score (nSPS) is 13.2. The van der Waals surface area contributed by atoms with Crippen LogP contribution in [-0.4, -0.2) is 34.5 Å². The lowest BCUT2D eigenvalue weighted by Crippen LogP contribution is -2.22. The highest BCUT2D eigenvalue weighted by Crippen LogP contribution is 2.34. The monoisotopic (exact) mass is 446 g/mol. The van der Waals surface area contributed by atoms with Gasteiger partial charge in [0.15, 0.2) is 10.8 Å². The number of aryl methyl sites for hydroxylation is 2. The van der Waals surface area contributed by atoms with E-state index in [2.05, 4.69) is 52.0 Å². The van der Waals surface area contributed by atoms with Crippen molar-refractivity contribution in [3.63, 3.8) is 0 Å². The Hall–Kier alpha value is -3.17. The number of thiophene rings is 1. The standard InChI is InChI=1S/C22H18N6OS2/c1-13-3-4-14(2)27(13)18-6-9-30-20(18)16-11-19-23-7-5-17(28(19)25-16)15-12-24-22-26(21(15)29)8-10-31-22/h3-7,9,11-12H,8,10H2,1-2H3. The summed E-state index contributed by atoms with van der Waals surface area (Å²) >= 11 is 3.26. The molecule has 0 bridgehead atoms. The summed E-state index contributed by atoms with van der Waals surface area (Å²) in [4.78, 5) is 23.1. The van der Waals surface area contributed by atoms with E-state index in [-0.39, 0.29) is 5.56 Å². The van der Waals surface area contributed by atoms with Gasteiger partial charge in [0.2, 0.25) is 0 Å². The van der Waals surface area contributed by atoms with E-state index in [1.165, 1.54) is 11.4 Å². The number of thioether (sulfide) groups is 1. The summed E-state index contributed by atoms with van der Waals surface area (Å²) in [6, 6.07) is 10.2. The molecule has 1 aliphatic rings. The molecule has 0 N–H and O–H groups in total. The van der Waals surface area contributed by atoms with Crippen LogP contribution in [0.5, 0.6) is 0 Å². The van der Waals surface area contributed by atoms with Crippen molar-refractivity contribution in [3.05, 3.63) is 69.8 Å². The average Bonchev–Trinajstić information content (AvgIpc) is 3.54. The highest BCUT2D eigenvalue weighted by atomic mass is 32.2. The van der Waals surface area contributed by atoms with E-state index in [1.807, 2.05) is 12.1 Å². The van der Waals surface area contributed by atoms with Gasteiger partial charge in [-0.1, -0.05) is 11.8 Å². The molecule has 5 aromatic rings.